The summed E-state index contributed by atoms with van der Waals surface area (Å²) in [7, 11) is -3.53. The Morgan fingerprint density at radius 1 is 1.41 bits per heavy atom. The number of rotatable bonds is 6. The first-order valence-electron chi connectivity index (χ1n) is 5.22. The lowest BCUT2D eigenvalue weighted by atomic mass is 10.2. The maximum absolute atomic E-state index is 12.0. The molecule has 96 valence electrons. The average Bonchev–Trinajstić information content (AvgIpc) is 2.35. The molecule has 6 heteroatoms. The van der Waals surface area contributed by atoms with Crippen molar-refractivity contribution in [1.29, 1.82) is 0 Å². The van der Waals surface area contributed by atoms with E-state index in [1.807, 2.05) is 13.2 Å². The molecule has 1 unspecified atom stereocenters. The number of thioether (sulfide) groups is 1. The minimum Gasteiger partial charge on any atom is -0.392 e. The van der Waals surface area contributed by atoms with Crippen molar-refractivity contribution in [2.24, 2.45) is 0 Å². The number of hydrogen-bond acceptors (Lipinski definition) is 4. The molecule has 0 saturated heterocycles. The van der Waals surface area contributed by atoms with Gasteiger partial charge in [-0.1, -0.05) is 25.1 Å². The molecule has 0 amide bonds. The van der Waals surface area contributed by atoms with Crippen molar-refractivity contribution in [2.45, 2.75) is 23.7 Å². The van der Waals surface area contributed by atoms with Gasteiger partial charge in [-0.15, -0.1) is 0 Å². The van der Waals surface area contributed by atoms with Gasteiger partial charge in [-0.2, -0.15) is 11.8 Å². The van der Waals surface area contributed by atoms with Crippen molar-refractivity contribution >= 4 is 21.8 Å². The van der Waals surface area contributed by atoms with E-state index >= 15 is 0 Å². The van der Waals surface area contributed by atoms with Crippen molar-refractivity contribution in [3.8, 4) is 0 Å². The molecule has 2 N–H and O–H groups in total. The zero-order valence-corrected chi connectivity index (χ0v) is 11.5. The van der Waals surface area contributed by atoms with Gasteiger partial charge in [0.25, 0.3) is 0 Å². The normalized spacial score (nSPS) is 13.6. The summed E-state index contributed by atoms with van der Waals surface area (Å²) in [5.41, 5.74) is 0.414. The Morgan fingerprint density at radius 3 is 2.65 bits per heavy atom. The standard InChI is InChI=1S/C11H17NO3S2/c1-9(16-2)7-12-17(14,15)11-6-4-3-5-10(11)8-13/h3-6,9,12-13H,7-8H2,1-2H3. The number of nitrogens with one attached hydrogen (secondary N) is 1. The van der Waals surface area contributed by atoms with Crippen LogP contribution in [0.5, 0.6) is 0 Å². The fraction of sp³-hybridized carbons (Fsp3) is 0.455. The maximum atomic E-state index is 12.0. The molecule has 17 heavy (non-hydrogen) atoms. The van der Waals surface area contributed by atoms with Gasteiger partial charge in [-0.05, 0) is 17.9 Å². The second kappa shape index (κ2) is 6.39. The van der Waals surface area contributed by atoms with Gasteiger partial charge in [-0.25, -0.2) is 13.1 Å². The van der Waals surface area contributed by atoms with E-state index in [0.29, 0.717) is 12.1 Å². The number of sulfonamides is 1. The molecular weight excluding hydrogens is 258 g/mol. The molecule has 0 aliphatic rings. The van der Waals surface area contributed by atoms with E-state index in [-0.39, 0.29) is 16.8 Å². The Kier molecular flexibility index (Phi) is 5.45. The zero-order valence-electron chi connectivity index (χ0n) is 9.88. The van der Waals surface area contributed by atoms with E-state index < -0.39 is 10.0 Å². The lowest BCUT2D eigenvalue weighted by Crippen LogP contribution is -2.30. The molecule has 0 spiro atoms. The molecule has 0 aromatic heterocycles. The predicted molar refractivity (Wildman–Crippen MR) is 70.5 cm³/mol. The third kappa shape index (κ3) is 3.99. The first kappa shape index (κ1) is 14.5. The summed E-state index contributed by atoms with van der Waals surface area (Å²) in [5.74, 6) is 0. The number of benzene rings is 1. The summed E-state index contributed by atoms with van der Waals surface area (Å²) in [6.45, 7) is 2.05. The SMILES string of the molecule is CSC(C)CNS(=O)(=O)c1ccccc1CO. The van der Waals surface area contributed by atoms with Gasteiger partial charge in [0, 0.05) is 11.8 Å². The highest BCUT2D eigenvalue weighted by Crippen LogP contribution is 2.15. The lowest BCUT2D eigenvalue weighted by molar-refractivity contribution is 0.278. The van der Waals surface area contributed by atoms with Gasteiger partial charge >= 0.3 is 0 Å². The second-order valence-corrected chi connectivity index (χ2v) is 6.68. The molecule has 4 nitrogen and oxygen atoms in total. The highest BCUT2D eigenvalue weighted by atomic mass is 32.2. The van der Waals surface area contributed by atoms with Crippen molar-refractivity contribution in [3.63, 3.8) is 0 Å². The average molecular weight is 275 g/mol. The first-order chi connectivity index (χ1) is 8.01. The molecule has 1 rings (SSSR count). The number of aliphatic hydroxyl groups excluding tert-OH is 1. The third-order valence-corrected chi connectivity index (χ3v) is 4.89. The predicted octanol–water partition coefficient (Wildman–Crippen LogP) is 1.21. The van der Waals surface area contributed by atoms with Gasteiger partial charge in [0.1, 0.15) is 0 Å². The lowest BCUT2D eigenvalue weighted by Gasteiger charge is -2.12. The van der Waals surface area contributed by atoms with E-state index in [2.05, 4.69) is 4.72 Å². The van der Waals surface area contributed by atoms with Gasteiger partial charge in [0.15, 0.2) is 0 Å². The minimum absolute atomic E-state index is 0.149. The quantitative estimate of drug-likeness (QED) is 0.819. The first-order valence-corrected chi connectivity index (χ1v) is 7.99. The molecule has 0 aliphatic heterocycles. The Morgan fingerprint density at radius 2 is 2.06 bits per heavy atom. The van der Waals surface area contributed by atoms with Crippen LogP contribution in [-0.2, 0) is 16.6 Å². The summed E-state index contributed by atoms with van der Waals surface area (Å²) in [5, 5.41) is 9.32. The van der Waals surface area contributed by atoms with Gasteiger partial charge in [-0.3, -0.25) is 0 Å². The van der Waals surface area contributed by atoms with E-state index in [0.717, 1.165) is 0 Å². The van der Waals surface area contributed by atoms with Crippen LogP contribution in [0.15, 0.2) is 29.2 Å². The smallest absolute Gasteiger partial charge is 0.240 e. The van der Waals surface area contributed by atoms with Crippen molar-refractivity contribution < 1.29 is 13.5 Å². The molecule has 0 saturated carbocycles. The monoisotopic (exact) mass is 275 g/mol. The fourth-order valence-electron chi connectivity index (χ4n) is 1.28. The topological polar surface area (TPSA) is 66.4 Å². The second-order valence-electron chi connectivity index (χ2n) is 3.66. The van der Waals surface area contributed by atoms with E-state index in [4.69, 9.17) is 5.11 Å². The highest BCUT2D eigenvalue weighted by molar-refractivity contribution is 7.99. The Hall–Kier alpha value is -0.560. The molecular formula is C11H17NO3S2. The van der Waals surface area contributed by atoms with Crippen molar-refractivity contribution in [1.82, 2.24) is 4.72 Å². The van der Waals surface area contributed by atoms with Crippen LogP contribution in [0, 0.1) is 0 Å². The van der Waals surface area contributed by atoms with Gasteiger partial charge < -0.3 is 5.11 Å². The molecule has 0 radical (unpaired) electrons. The Labute approximate surface area is 106 Å². The van der Waals surface area contributed by atoms with Crippen LogP contribution in [0.1, 0.15) is 12.5 Å². The van der Waals surface area contributed by atoms with Crippen LogP contribution in [0.3, 0.4) is 0 Å². The van der Waals surface area contributed by atoms with Crippen molar-refractivity contribution in [2.75, 3.05) is 12.8 Å². The Bertz CT molecular complexity index is 460. The van der Waals surface area contributed by atoms with Crippen LogP contribution in [-0.4, -0.2) is 31.6 Å². The molecule has 0 heterocycles. The van der Waals surface area contributed by atoms with Crippen LogP contribution < -0.4 is 4.72 Å². The largest absolute Gasteiger partial charge is 0.392 e. The summed E-state index contributed by atoms with van der Waals surface area (Å²) in [4.78, 5) is 0.149. The minimum atomic E-state index is -3.53. The molecule has 1 aromatic carbocycles. The number of hydrogen-bond donors (Lipinski definition) is 2. The Balaban J connectivity index is 2.89. The van der Waals surface area contributed by atoms with E-state index in [1.54, 1.807) is 30.0 Å². The summed E-state index contributed by atoms with van der Waals surface area (Å²) < 4.78 is 26.5. The molecule has 0 aliphatic carbocycles. The third-order valence-electron chi connectivity index (χ3n) is 2.40. The highest BCUT2D eigenvalue weighted by Gasteiger charge is 2.17. The maximum Gasteiger partial charge on any atom is 0.240 e. The summed E-state index contributed by atoms with van der Waals surface area (Å²) >= 11 is 1.59. The van der Waals surface area contributed by atoms with Crippen LogP contribution in [0.2, 0.25) is 0 Å². The van der Waals surface area contributed by atoms with Crippen molar-refractivity contribution in [3.05, 3.63) is 29.8 Å². The summed E-state index contributed by atoms with van der Waals surface area (Å²) in [6.07, 6.45) is 1.93. The fourth-order valence-corrected chi connectivity index (χ4v) is 3.00. The van der Waals surface area contributed by atoms with E-state index in [9.17, 15) is 8.42 Å². The molecule has 1 aromatic rings. The molecule has 1 atom stereocenters. The van der Waals surface area contributed by atoms with Gasteiger partial charge in [0.2, 0.25) is 10.0 Å². The molecule has 0 bridgehead atoms. The summed E-state index contributed by atoms with van der Waals surface area (Å²) in [6, 6.07) is 6.45. The zero-order chi connectivity index (χ0) is 12.9. The van der Waals surface area contributed by atoms with Gasteiger partial charge in [0.05, 0.1) is 11.5 Å². The molecule has 0 fully saturated rings. The van der Waals surface area contributed by atoms with Crippen LogP contribution in [0.25, 0.3) is 0 Å². The van der Waals surface area contributed by atoms with Crippen LogP contribution >= 0.6 is 11.8 Å². The van der Waals surface area contributed by atoms with E-state index in [1.165, 1.54) is 6.07 Å². The number of aliphatic hydroxyl groups is 1. The van der Waals surface area contributed by atoms with Crippen LogP contribution in [0.4, 0.5) is 0 Å².